The topological polar surface area (TPSA) is 59.2 Å². The second kappa shape index (κ2) is 6.95. The maximum Gasteiger partial charge on any atom is 0.257 e. The largest absolute Gasteiger partial charge is 0.337 e. The molecule has 0 aliphatic carbocycles. The summed E-state index contributed by atoms with van der Waals surface area (Å²) in [6.45, 7) is 4.79. The van der Waals surface area contributed by atoms with Gasteiger partial charge in [0.05, 0.1) is 0 Å². The normalized spacial score (nSPS) is 16.9. The summed E-state index contributed by atoms with van der Waals surface area (Å²) < 4.78 is 19.3. The van der Waals surface area contributed by atoms with Crippen LogP contribution in [0.5, 0.6) is 0 Å². The van der Waals surface area contributed by atoms with Crippen molar-refractivity contribution >= 4 is 5.91 Å². The van der Waals surface area contributed by atoms with Crippen LogP contribution in [0.25, 0.3) is 11.5 Å². The average molecular weight is 365 g/mol. The lowest BCUT2D eigenvalue weighted by molar-refractivity contribution is -0.128. The van der Waals surface area contributed by atoms with Crippen molar-refractivity contribution in [3.63, 3.8) is 0 Å². The molecule has 1 aromatic heterocycles. The molecule has 6 heteroatoms. The van der Waals surface area contributed by atoms with Crippen LogP contribution in [0.3, 0.4) is 0 Å². The van der Waals surface area contributed by atoms with Crippen molar-refractivity contribution in [3.8, 4) is 11.5 Å². The van der Waals surface area contributed by atoms with Crippen molar-refractivity contribution in [2.24, 2.45) is 0 Å². The monoisotopic (exact) mass is 365 g/mol. The number of aryl methyl sites for hydroxylation is 2. The molecule has 5 nitrogen and oxygen atoms in total. The highest BCUT2D eigenvalue weighted by molar-refractivity contribution is 5.79. The minimum absolute atomic E-state index is 0.0271. The Bertz CT molecular complexity index is 999. The van der Waals surface area contributed by atoms with Gasteiger partial charge >= 0.3 is 0 Å². The van der Waals surface area contributed by atoms with Crippen LogP contribution in [-0.4, -0.2) is 27.5 Å². The van der Waals surface area contributed by atoms with Crippen LogP contribution in [0, 0.1) is 19.7 Å². The van der Waals surface area contributed by atoms with E-state index >= 15 is 0 Å². The van der Waals surface area contributed by atoms with Gasteiger partial charge in [-0.3, -0.25) is 4.79 Å². The second-order valence-electron chi connectivity index (χ2n) is 7.02. The summed E-state index contributed by atoms with van der Waals surface area (Å²) in [7, 11) is 0. The predicted octanol–water partition coefficient (Wildman–Crippen LogP) is 4.01. The Morgan fingerprint density at radius 1 is 1.19 bits per heavy atom. The van der Waals surface area contributed by atoms with E-state index in [4.69, 9.17) is 4.52 Å². The Labute approximate surface area is 156 Å². The first kappa shape index (κ1) is 17.4. The van der Waals surface area contributed by atoms with E-state index < -0.39 is 0 Å². The number of carbonyl (C=O) groups is 1. The number of aromatic nitrogens is 2. The van der Waals surface area contributed by atoms with E-state index in [-0.39, 0.29) is 24.2 Å². The van der Waals surface area contributed by atoms with E-state index in [1.165, 1.54) is 11.6 Å². The summed E-state index contributed by atoms with van der Waals surface area (Å²) in [6, 6.07) is 12.5. The molecule has 0 radical (unpaired) electrons. The first-order chi connectivity index (χ1) is 13.0. The zero-order chi connectivity index (χ0) is 19.0. The number of carbonyl (C=O) groups excluding carboxylic acids is 1. The first-order valence-electron chi connectivity index (χ1n) is 8.93. The molecule has 0 bridgehead atoms. The van der Waals surface area contributed by atoms with Crippen LogP contribution >= 0.6 is 0 Å². The van der Waals surface area contributed by atoms with E-state index in [0.717, 1.165) is 11.1 Å². The fourth-order valence-corrected chi connectivity index (χ4v) is 3.32. The molecule has 3 aromatic rings. The zero-order valence-electron chi connectivity index (χ0n) is 15.3. The highest BCUT2D eigenvalue weighted by atomic mass is 19.1. The van der Waals surface area contributed by atoms with Gasteiger partial charge < -0.3 is 9.42 Å². The number of likely N-dealkylation sites (tertiary alicyclic amines) is 1. The third-order valence-electron chi connectivity index (χ3n) is 5.09. The number of amides is 1. The molecule has 1 atom stereocenters. The van der Waals surface area contributed by atoms with E-state index in [1.807, 2.05) is 32.0 Å². The number of nitrogens with zero attached hydrogens (tertiary/aromatic N) is 3. The highest BCUT2D eigenvalue weighted by Crippen LogP contribution is 2.30. The number of halogens is 1. The van der Waals surface area contributed by atoms with E-state index in [0.29, 0.717) is 30.2 Å². The average Bonchev–Trinajstić information content (AvgIpc) is 3.27. The molecule has 0 N–H and O–H groups in total. The maximum absolute atomic E-state index is 13.9. The lowest BCUT2D eigenvalue weighted by atomic mass is 10.1. The molecule has 1 fully saturated rings. The maximum atomic E-state index is 13.9. The van der Waals surface area contributed by atoms with Gasteiger partial charge in [0.1, 0.15) is 5.82 Å². The third kappa shape index (κ3) is 3.47. The fraction of sp³-hybridized carbons (Fsp3) is 0.286. The van der Waals surface area contributed by atoms with Gasteiger partial charge in [-0.1, -0.05) is 29.4 Å². The lowest BCUT2D eigenvalue weighted by Gasteiger charge is -2.16. The van der Waals surface area contributed by atoms with Crippen LogP contribution in [-0.2, 0) is 11.3 Å². The molecule has 1 aliphatic rings. The van der Waals surface area contributed by atoms with Gasteiger partial charge in [0.25, 0.3) is 5.89 Å². The van der Waals surface area contributed by atoms with Crippen molar-refractivity contribution in [2.75, 3.05) is 6.54 Å². The van der Waals surface area contributed by atoms with E-state index in [9.17, 15) is 9.18 Å². The SMILES string of the molecule is Cc1ccc(-c2nc(C3CC(=O)N(Cc4ccccc4F)C3)no2)cc1C. The van der Waals surface area contributed by atoms with Crippen molar-refractivity contribution in [2.45, 2.75) is 32.7 Å². The van der Waals surface area contributed by atoms with Crippen molar-refractivity contribution < 1.29 is 13.7 Å². The molecule has 1 unspecified atom stereocenters. The molecule has 1 saturated heterocycles. The Hall–Kier alpha value is -3.02. The van der Waals surface area contributed by atoms with Crippen LogP contribution < -0.4 is 0 Å². The van der Waals surface area contributed by atoms with Crippen LogP contribution in [0.15, 0.2) is 47.0 Å². The molecular weight excluding hydrogens is 345 g/mol. The molecule has 1 amide bonds. The smallest absolute Gasteiger partial charge is 0.257 e. The summed E-state index contributed by atoms with van der Waals surface area (Å²) in [5.74, 6) is 0.500. The number of rotatable bonds is 4. The predicted molar refractivity (Wildman–Crippen MR) is 98.4 cm³/mol. The molecule has 4 rings (SSSR count). The summed E-state index contributed by atoms with van der Waals surface area (Å²) in [6.07, 6.45) is 0.306. The van der Waals surface area contributed by atoms with Crippen molar-refractivity contribution in [3.05, 3.63) is 70.8 Å². The molecule has 2 heterocycles. The fourth-order valence-electron chi connectivity index (χ4n) is 3.32. The van der Waals surface area contributed by atoms with Crippen LogP contribution in [0.1, 0.15) is 34.9 Å². The second-order valence-corrected chi connectivity index (χ2v) is 7.02. The van der Waals surface area contributed by atoms with Gasteiger partial charge in [-0.2, -0.15) is 4.98 Å². The van der Waals surface area contributed by atoms with Gasteiger partial charge in [-0.15, -0.1) is 0 Å². The summed E-state index contributed by atoms with van der Waals surface area (Å²) in [4.78, 5) is 18.5. The molecule has 138 valence electrons. The van der Waals surface area contributed by atoms with Gasteiger partial charge in [0.15, 0.2) is 5.82 Å². The summed E-state index contributed by atoms with van der Waals surface area (Å²) in [5, 5.41) is 4.08. The molecule has 27 heavy (non-hydrogen) atoms. The van der Waals surface area contributed by atoms with Crippen molar-refractivity contribution in [1.82, 2.24) is 15.0 Å². The Morgan fingerprint density at radius 3 is 2.78 bits per heavy atom. The van der Waals surface area contributed by atoms with Gasteiger partial charge in [-0.25, -0.2) is 4.39 Å². The van der Waals surface area contributed by atoms with E-state index in [1.54, 1.807) is 23.1 Å². The minimum Gasteiger partial charge on any atom is -0.337 e. The Morgan fingerprint density at radius 2 is 2.00 bits per heavy atom. The number of benzene rings is 2. The number of hydrogen-bond acceptors (Lipinski definition) is 4. The lowest BCUT2D eigenvalue weighted by Crippen LogP contribution is -2.25. The molecular formula is C21H20FN3O2. The molecule has 2 aromatic carbocycles. The quantitative estimate of drug-likeness (QED) is 0.701. The molecule has 0 spiro atoms. The van der Waals surface area contributed by atoms with Gasteiger partial charge in [-0.05, 0) is 43.2 Å². The van der Waals surface area contributed by atoms with Gasteiger partial charge in [0, 0.05) is 36.6 Å². The first-order valence-corrected chi connectivity index (χ1v) is 8.93. The third-order valence-corrected chi connectivity index (χ3v) is 5.09. The summed E-state index contributed by atoms with van der Waals surface area (Å²) >= 11 is 0. The van der Waals surface area contributed by atoms with Gasteiger partial charge in [0.2, 0.25) is 5.91 Å². The molecule has 0 saturated carbocycles. The standard InChI is InChI=1S/C21H20FN3O2/c1-13-7-8-15(9-14(13)2)21-23-20(24-27-21)17-10-19(26)25(12-17)11-16-5-3-4-6-18(16)22/h3-9,17H,10-12H2,1-2H3. The summed E-state index contributed by atoms with van der Waals surface area (Å²) in [5.41, 5.74) is 3.72. The van der Waals surface area contributed by atoms with E-state index in [2.05, 4.69) is 10.1 Å². The van der Waals surface area contributed by atoms with Crippen LogP contribution in [0.4, 0.5) is 4.39 Å². The Kier molecular flexibility index (Phi) is 4.48. The molecule has 1 aliphatic heterocycles. The minimum atomic E-state index is -0.301. The highest BCUT2D eigenvalue weighted by Gasteiger charge is 2.34. The Balaban J connectivity index is 1.50. The number of hydrogen-bond donors (Lipinski definition) is 0. The van der Waals surface area contributed by atoms with Crippen molar-refractivity contribution in [1.29, 1.82) is 0 Å². The zero-order valence-corrected chi connectivity index (χ0v) is 15.3. The van der Waals surface area contributed by atoms with Crippen LogP contribution in [0.2, 0.25) is 0 Å².